The van der Waals surface area contributed by atoms with Gasteiger partial charge in [0.15, 0.2) is 11.2 Å². The van der Waals surface area contributed by atoms with Crippen LogP contribution < -0.4 is 15.0 Å². The van der Waals surface area contributed by atoms with Gasteiger partial charge in [-0.1, -0.05) is 30.3 Å². The van der Waals surface area contributed by atoms with E-state index in [0.29, 0.717) is 17.1 Å². The zero-order valence-electron chi connectivity index (χ0n) is 16.4. The van der Waals surface area contributed by atoms with Crippen LogP contribution in [0.15, 0.2) is 60.0 Å². The number of amides is 1. The van der Waals surface area contributed by atoms with Crippen LogP contribution in [0.2, 0.25) is 0 Å². The number of nitrogens with one attached hydrogen (secondary N) is 1. The van der Waals surface area contributed by atoms with Crippen LogP contribution in [0, 0.1) is 0 Å². The summed E-state index contributed by atoms with van der Waals surface area (Å²) in [7, 11) is 0. The highest BCUT2D eigenvalue weighted by molar-refractivity contribution is 7.13. The normalized spacial score (nSPS) is 15.3. The summed E-state index contributed by atoms with van der Waals surface area (Å²) >= 11 is 1.44. The van der Waals surface area contributed by atoms with Crippen molar-refractivity contribution >= 4 is 39.7 Å². The van der Waals surface area contributed by atoms with E-state index in [2.05, 4.69) is 10.3 Å². The number of rotatable bonds is 7. The highest BCUT2D eigenvalue weighted by Gasteiger charge is 2.31. The molecule has 0 spiro atoms. The maximum Gasteiger partial charge on any atom is 0.307 e. The summed E-state index contributed by atoms with van der Waals surface area (Å²) in [5.41, 5.74) is 2.29. The molecule has 1 amide bonds. The van der Waals surface area contributed by atoms with Gasteiger partial charge in [-0.15, -0.1) is 11.3 Å². The van der Waals surface area contributed by atoms with Gasteiger partial charge in [-0.2, -0.15) is 0 Å². The first-order chi connectivity index (χ1) is 14.6. The number of fused-ring (bicyclic) bond motifs is 1. The van der Waals surface area contributed by atoms with Crippen LogP contribution >= 0.6 is 11.3 Å². The molecular weight excluding hydrogens is 402 g/mol. The molecule has 1 N–H and O–H groups in total. The van der Waals surface area contributed by atoms with Gasteiger partial charge in [-0.3, -0.25) is 9.59 Å². The number of benzene rings is 2. The molecule has 0 fully saturated rings. The number of hydrogen-bond acceptors (Lipinski definition) is 7. The Labute approximate surface area is 178 Å². The molecule has 0 unspecified atom stereocenters. The Kier molecular flexibility index (Phi) is 5.94. The Morgan fingerprint density at radius 2 is 1.97 bits per heavy atom. The number of nitrogens with zero attached hydrogens (tertiary/aromatic N) is 2. The first-order valence-electron chi connectivity index (χ1n) is 9.59. The molecular formula is C22H21N3O4S. The molecule has 1 aromatic heterocycles. The first kappa shape index (κ1) is 19.9. The van der Waals surface area contributed by atoms with E-state index in [1.807, 2.05) is 53.9 Å². The number of ether oxygens (including phenoxy) is 2. The molecule has 0 bridgehead atoms. The summed E-state index contributed by atoms with van der Waals surface area (Å²) in [6.45, 7) is 2.03. The van der Waals surface area contributed by atoms with Crippen LogP contribution in [0.3, 0.4) is 0 Å². The molecule has 3 aromatic rings. The predicted molar refractivity (Wildman–Crippen MR) is 115 cm³/mol. The fourth-order valence-corrected chi connectivity index (χ4v) is 3.81. The van der Waals surface area contributed by atoms with Gasteiger partial charge < -0.3 is 19.7 Å². The molecule has 1 aliphatic rings. The van der Waals surface area contributed by atoms with Crippen LogP contribution in [0.4, 0.5) is 16.5 Å². The van der Waals surface area contributed by atoms with E-state index >= 15 is 0 Å². The van der Waals surface area contributed by atoms with Crippen molar-refractivity contribution in [3.8, 4) is 5.75 Å². The summed E-state index contributed by atoms with van der Waals surface area (Å²) in [6, 6.07) is 17.0. The second-order valence-electron chi connectivity index (χ2n) is 6.76. The number of carbonyl (C=O) groups excluding carboxylic acids is 2. The average molecular weight is 423 g/mol. The molecule has 8 heteroatoms. The van der Waals surface area contributed by atoms with E-state index in [-0.39, 0.29) is 31.4 Å². The van der Waals surface area contributed by atoms with Gasteiger partial charge in [0.05, 0.1) is 17.8 Å². The maximum atomic E-state index is 12.5. The van der Waals surface area contributed by atoms with Crippen LogP contribution in [-0.2, 0) is 20.9 Å². The minimum Gasteiger partial charge on any atom is -0.479 e. The maximum absolute atomic E-state index is 12.5. The summed E-state index contributed by atoms with van der Waals surface area (Å²) in [5, 5.41) is 5.79. The van der Waals surface area contributed by atoms with Crippen LogP contribution in [-0.4, -0.2) is 29.5 Å². The second-order valence-corrected chi connectivity index (χ2v) is 7.62. The van der Waals surface area contributed by atoms with Crippen molar-refractivity contribution in [2.45, 2.75) is 26.1 Å². The highest BCUT2D eigenvalue weighted by Crippen LogP contribution is 2.33. The Hall–Kier alpha value is -3.39. The quantitative estimate of drug-likeness (QED) is 0.576. The number of aromatic nitrogens is 1. The van der Waals surface area contributed by atoms with Gasteiger partial charge in [0.2, 0.25) is 0 Å². The second kappa shape index (κ2) is 8.96. The topological polar surface area (TPSA) is 80.8 Å². The first-order valence-corrected chi connectivity index (χ1v) is 10.5. The van der Waals surface area contributed by atoms with Gasteiger partial charge in [-0.25, -0.2) is 4.98 Å². The monoisotopic (exact) mass is 423 g/mol. The molecule has 1 aliphatic heterocycles. The number of hydrogen-bond donors (Lipinski definition) is 1. The molecule has 2 aromatic carbocycles. The molecule has 7 nitrogen and oxygen atoms in total. The summed E-state index contributed by atoms with van der Waals surface area (Å²) in [4.78, 5) is 30.7. The van der Waals surface area contributed by atoms with E-state index in [9.17, 15) is 9.59 Å². The molecule has 30 heavy (non-hydrogen) atoms. The molecule has 0 saturated heterocycles. The van der Waals surface area contributed by atoms with Gasteiger partial charge in [0.1, 0.15) is 12.4 Å². The third-order valence-electron chi connectivity index (χ3n) is 4.57. The van der Waals surface area contributed by atoms with Crippen LogP contribution in [0.5, 0.6) is 5.75 Å². The molecule has 0 saturated carbocycles. The zero-order valence-corrected chi connectivity index (χ0v) is 17.2. The van der Waals surface area contributed by atoms with E-state index in [1.54, 1.807) is 17.9 Å². The number of thiazole rings is 1. The number of carbonyl (C=O) groups is 2. The van der Waals surface area contributed by atoms with E-state index < -0.39 is 6.10 Å². The molecule has 2 heterocycles. The molecule has 0 aliphatic carbocycles. The van der Waals surface area contributed by atoms with Crippen LogP contribution in [0.1, 0.15) is 19.0 Å². The predicted octanol–water partition coefficient (Wildman–Crippen LogP) is 4.13. The lowest BCUT2D eigenvalue weighted by Crippen LogP contribution is -2.45. The minimum atomic E-state index is -0.582. The summed E-state index contributed by atoms with van der Waals surface area (Å²) in [5.74, 6) is 0.0847. The smallest absolute Gasteiger partial charge is 0.307 e. The zero-order chi connectivity index (χ0) is 20.9. The van der Waals surface area contributed by atoms with Crippen LogP contribution in [0.25, 0.3) is 0 Å². The average Bonchev–Trinajstić information content (AvgIpc) is 3.20. The lowest BCUT2D eigenvalue weighted by Gasteiger charge is -2.32. The number of esters is 1. The number of anilines is 3. The fraction of sp³-hybridized carbons (Fsp3) is 0.227. The van der Waals surface area contributed by atoms with Crippen molar-refractivity contribution in [2.24, 2.45) is 0 Å². The molecule has 4 rings (SSSR count). The SMILES string of the molecule is C[C@H]1Oc2ccccc2N(CCC(=O)OCc2csc(Nc3ccccc3)n2)C1=O. The van der Waals surface area contributed by atoms with E-state index in [4.69, 9.17) is 9.47 Å². The van der Waals surface area contributed by atoms with Gasteiger partial charge in [0.25, 0.3) is 5.91 Å². The third-order valence-corrected chi connectivity index (χ3v) is 5.38. The largest absolute Gasteiger partial charge is 0.479 e. The lowest BCUT2D eigenvalue weighted by atomic mass is 10.2. The molecule has 154 valence electrons. The van der Waals surface area contributed by atoms with E-state index in [1.165, 1.54) is 11.3 Å². The fourth-order valence-electron chi connectivity index (χ4n) is 3.09. The van der Waals surface area contributed by atoms with Gasteiger partial charge in [0, 0.05) is 17.6 Å². The van der Waals surface area contributed by atoms with E-state index in [0.717, 1.165) is 10.8 Å². The van der Waals surface area contributed by atoms with Crippen molar-refractivity contribution in [2.75, 3.05) is 16.8 Å². The summed E-state index contributed by atoms with van der Waals surface area (Å²) < 4.78 is 11.0. The Bertz CT molecular complexity index is 1040. The van der Waals surface area contributed by atoms with Crippen molar-refractivity contribution < 1.29 is 19.1 Å². The van der Waals surface area contributed by atoms with Crippen molar-refractivity contribution in [1.82, 2.24) is 4.98 Å². The molecule has 1 atom stereocenters. The third kappa shape index (κ3) is 4.60. The van der Waals surface area contributed by atoms with Gasteiger partial charge >= 0.3 is 5.97 Å². The lowest BCUT2D eigenvalue weighted by molar-refractivity contribution is -0.144. The Balaban J connectivity index is 1.29. The standard InChI is InChI=1S/C22H21N3O4S/c1-15-21(27)25(18-9-5-6-10-19(18)29-15)12-11-20(26)28-13-17-14-30-22(24-17)23-16-7-3-2-4-8-16/h2-10,14-15H,11-13H2,1H3,(H,23,24)/t15-/m1/s1. The van der Waals surface area contributed by atoms with Crippen molar-refractivity contribution in [3.63, 3.8) is 0 Å². The Morgan fingerprint density at radius 3 is 2.80 bits per heavy atom. The van der Waals surface area contributed by atoms with Gasteiger partial charge in [-0.05, 0) is 31.2 Å². The highest BCUT2D eigenvalue weighted by atomic mass is 32.1. The number of para-hydroxylation sites is 3. The Morgan fingerprint density at radius 1 is 1.20 bits per heavy atom. The van der Waals surface area contributed by atoms with Crippen molar-refractivity contribution in [1.29, 1.82) is 0 Å². The minimum absolute atomic E-state index is 0.0893. The molecule has 0 radical (unpaired) electrons. The van der Waals surface area contributed by atoms with Crippen molar-refractivity contribution in [3.05, 3.63) is 65.7 Å². The summed E-state index contributed by atoms with van der Waals surface area (Å²) in [6.07, 6.45) is -0.493.